The fraction of sp³-hybridized carbons (Fsp3) is 0.571. The molecule has 0 aromatic heterocycles. The van der Waals surface area contributed by atoms with E-state index in [4.69, 9.17) is 0 Å². The van der Waals surface area contributed by atoms with E-state index in [0.717, 1.165) is 0 Å². The molecule has 1 heterocycles. The van der Waals surface area contributed by atoms with Crippen LogP contribution in [0.1, 0.15) is 0 Å². The van der Waals surface area contributed by atoms with Crippen LogP contribution >= 0.6 is 0 Å². The van der Waals surface area contributed by atoms with Gasteiger partial charge in [0.05, 0.1) is 7.11 Å². The van der Waals surface area contributed by atoms with E-state index in [1.807, 2.05) is 0 Å². The summed E-state index contributed by atoms with van der Waals surface area (Å²) in [4.78, 5) is 32.3. The summed E-state index contributed by atoms with van der Waals surface area (Å²) >= 11 is 0. The van der Waals surface area contributed by atoms with Gasteiger partial charge in [-0.15, -0.1) is 0 Å². The SMILES string of the molecule is COC(=O)C(=O)OB1OC(=O)C(C(F)(F)F)(C(F)(F)F)O1. The van der Waals surface area contributed by atoms with Crippen molar-refractivity contribution in [3.05, 3.63) is 0 Å². The first kappa shape index (κ1) is 17.1. The molecule has 1 rings (SSSR count). The number of alkyl halides is 6. The highest BCUT2D eigenvalue weighted by atomic mass is 19.4. The van der Waals surface area contributed by atoms with E-state index in [1.54, 1.807) is 0 Å². The van der Waals surface area contributed by atoms with Crippen LogP contribution in [0.2, 0.25) is 0 Å². The van der Waals surface area contributed by atoms with Crippen molar-refractivity contribution in [2.45, 2.75) is 18.0 Å². The zero-order valence-corrected chi connectivity index (χ0v) is 9.70. The zero-order chi connectivity index (χ0) is 16.6. The number of rotatable bonds is 1. The molecule has 14 heteroatoms. The van der Waals surface area contributed by atoms with Crippen molar-refractivity contribution in [1.82, 2.24) is 0 Å². The molecule has 7 nitrogen and oxygen atoms in total. The van der Waals surface area contributed by atoms with Gasteiger partial charge in [-0.2, -0.15) is 26.3 Å². The molecule has 0 amide bonds. The van der Waals surface area contributed by atoms with Crippen LogP contribution in [-0.4, -0.2) is 50.3 Å². The Bertz CT molecular complexity index is 457. The van der Waals surface area contributed by atoms with Crippen LogP contribution in [0.4, 0.5) is 26.3 Å². The highest BCUT2D eigenvalue weighted by molar-refractivity contribution is 6.49. The lowest BCUT2D eigenvalue weighted by Gasteiger charge is -2.28. The quantitative estimate of drug-likeness (QED) is 0.293. The van der Waals surface area contributed by atoms with Crippen molar-refractivity contribution < 1.29 is 59.4 Å². The standard InChI is InChI=1S/C7H3BF6O7/c1-18-2(15)3(16)19-8-20-4(17)5(21-8,6(9,10)11)7(12,13)14/h1H3. The molecular formula is C7H3BF6O7. The van der Waals surface area contributed by atoms with Crippen LogP contribution < -0.4 is 0 Å². The summed E-state index contributed by atoms with van der Waals surface area (Å²) in [7, 11) is -2.33. The van der Waals surface area contributed by atoms with Gasteiger partial charge in [0, 0.05) is 0 Å². The van der Waals surface area contributed by atoms with E-state index < -0.39 is 43.2 Å². The Morgan fingerprint density at radius 3 is 1.90 bits per heavy atom. The van der Waals surface area contributed by atoms with E-state index in [-0.39, 0.29) is 0 Å². The summed E-state index contributed by atoms with van der Waals surface area (Å²) in [5, 5.41) is 0. The number of carbonyl (C=O) groups excluding carboxylic acids is 3. The van der Waals surface area contributed by atoms with Crippen LogP contribution in [0.15, 0.2) is 0 Å². The van der Waals surface area contributed by atoms with Crippen LogP contribution in [-0.2, 0) is 33.1 Å². The molecule has 118 valence electrons. The number of methoxy groups -OCH3 is 1. The minimum absolute atomic E-state index is 0.681. The van der Waals surface area contributed by atoms with Crippen LogP contribution in [0.25, 0.3) is 0 Å². The zero-order valence-electron chi connectivity index (χ0n) is 9.70. The first-order chi connectivity index (χ1) is 9.36. The van der Waals surface area contributed by atoms with Crippen LogP contribution in [0.3, 0.4) is 0 Å². The van der Waals surface area contributed by atoms with Crippen molar-refractivity contribution >= 4 is 25.2 Å². The van der Waals surface area contributed by atoms with E-state index in [2.05, 4.69) is 18.7 Å². The summed E-state index contributed by atoms with van der Waals surface area (Å²) in [6, 6.07) is 0. The van der Waals surface area contributed by atoms with Crippen molar-refractivity contribution in [2.75, 3.05) is 7.11 Å². The lowest BCUT2D eigenvalue weighted by molar-refractivity contribution is -0.339. The van der Waals surface area contributed by atoms with Gasteiger partial charge in [-0.25, -0.2) is 14.4 Å². The number of ether oxygens (including phenoxy) is 1. The van der Waals surface area contributed by atoms with Gasteiger partial charge in [0.2, 0.25) is 0 Å². The number of carbonyl (C=O) groups is 3. The third-order valence-electron chi connectivity index (χ3n) is 2.12. The molecule has 0 aromatic rings. The molecule has 0 unspecified atom stereocenters. The second-order valence-corrected chi connectivity index (χ2v) is 3.39. The van der Waals surface area contributed by atoms with Crippen molar-refractivity contribution in [1.29, 1.82) is 0 Å². The van der Waals surface area contributed by atoms with Gasteiger partial charge >= 0.3 is 43.2 Å². The first-order valence-electron chi connectivity index (χ1n) is 4.68. The molecule has 1 aliphatic heterocycles. The average molecular weight is 324 g/mol. The molecule has 21 heavy (non-hydrogen) atoms. The fourth-order valence-electron chi connectivity index (χ4n) is 1.18. The molecule has 0 radical (unpaired) electrons. The smallest absolute Gasteiger partial charge is 0.471 e. The van der Waals surface area contributed by atoms with Gasteiger partial charge in [0.15, 0.2) is 0 Å². The highest BCUT2D eigenvalue weighted by Gasteiger charge is 2.83. The number of hydrogen-bond acceptors (Lipinski definition) is 7. The molecule has 0 spiro atoms. The molecule has 0 aliphatic carbocycles. The lowest BCUT2D eigenvalue weighted by atomic mass is 10.0. The van der Waals surface area contributed by atoms with E-state index >= 15 is 0 Å². The maximum atomic E-state index is 12.5. The summed E-state index contributed by atoms with van der Waals surface area (Å²) in [5.74, 6) is -6.66. The molecule has 0 saturated carbocycles. The summed E-state index contributed by atoms with van der Waals surface area (Å²) in [5.41, 5.74) is -5.32. The minimum Gasteiger partial charge on any atom is -0.471 e. The van der Waals surface area contributed by atoms with Gasteiger partial charge in [0.25, 0.3) is 0 Å². The minimum atomic E-state index is -6.24. The Kier molecular flexibility index (Phi) is 4.14. The Balaban J connectivity index is 3.05. The Morgan fingerprint density at radius 1 is 1.10 bits per heavy atom. The summed E-state index contributed by atoms with van der Waals surface area (Å²) < 4.78 is 89.5. The van der Waals surface area contributed by atoms with Crippen LogP contribution in [0, 0.1) is 0 Å². The Morgan fingerprint density at radius 2 is 1.57 bits per heavy atom. The molecule has 1 fully saturated rings. The molecular weight excluding hydrogens is 321 g/mol. The molecule has 0 bridgehead atoms. The largest absolute Gasteiger partial charge is 0.793 e. The normalized spacial score (nSPS) is 18.2. The predicted molar refractivity (Wildman–Crippen MR) is 45.9 cm³/mol. The number of esters is 1. The number of hydrogen-bond donors (Lipinski definition) is 0. The van der Waals surface area contributed by atoms with E-state index in [0.29, 0.717) is 7.11 Å². The first-order valence-corrected chi connectivity index (χ1v) is 4.68. The van der Waals surface area contributed by atoms with Gasteiger partial charge < -0.3 is 18.7 Å². The Labute approximate surface area is 111 Å². The lowest BCUT2D eigenvalue weighted by Crippen LogP contribution is -2.61. The highest BCUT2D eigenvalue weighted by Crippen LogP contribution is 2.49. The number of halogens is 6. The third kappa shape index (κ3) is 2.75. The van der Waals surface area contributed by atoms with E-state index in [1.165, 1.54) is 0 Å². The molecule has 1 saturated heterocycles. The monoisotopic (exact) mass is 324 g/mol. The van der Waals surface area contributed by atoms with Gasteiger partial charge in [-0.05, 0) is 0 Å². The molecule has 0 N–H and O–H groups in total. The van der Waals surface area contributed by atoms with Crippen molar-refractivity contribution in [2.24, 2.45) is 0 Å². The van der Waals surface area contributed by atoms with Gasteiger partial charge in [-0.1, -0.05) is 0 Å². The summed E-state index contributed by atoms with van der Waals surface area (Å²) in [6.07, 6.45) is -12.5. The predicted octanol–water partition coefficient (Wildman–Crippen LogP) is 0.124. The van der Waals surface area contributed by atoms with Gasteiger partial charge in [0.1, 0.15) is 0 Å². The second-order valence-electron chi connectivity index (χ2n) is 3.39. The molecule has 0 atom stereocenters. The topological polar surface area (TPSA) is 88.1 Å². The Hall–Kier alpha value is -1.99. The average Bonchev–Trinajstić information content (AvgIpc) is 2.64. The fourth-order valence-corrected chi connectivity index (χ4v) is 1.18. The van der Waals surface area contributed by atoms with Crippen LogP contribution in [0.5, 0.6) is 0 Å². The third-order valence-corrected chi connectivity index (χ3v) is 2.12. The molecule has 1 aliphatic rings. The van der Waals surface area contributed by atoms with Gasteiger partial charge in [-0.3, -0.25) is 0 Å². The summed E-state index contributed by atoms with van der Waals surface area (Å²) in [6.45, 7) is 0. The maximum absolute atomic E-state index is 12.5. The maximum Gasteiger partial charge on any atom is 0.793 e. The van der Waals surface area contributed by atoms with Crippen molar-refractivity contribution in [3.63, 3.8) is 0 Å². The molecule has 0 aromatic carbocycles. The van der Waals surface area contributed by atoms with E-state index in [9.17, 15) is 40.7 Å². The van der Waals surface area contributed by atoms with Crippen molar-refractivity contribution in [3.8, 4) is 0 Å². The second kappa shape index (κ2) is 5.09.